The van der Waals surface area contributed by atoms with Gasteiger partial charge in [-0.2, -0.15) is 0 Å². The Balaban J connectivity index is 1.63. The van der Waals surface area contributed by atoms with Crippen LogP contribution >= 0.6 is 11.8 Å². The fourth-order valence-electron chi connectivity index (χ4n) is 3.13. The van der Waals surface area contributed by atoms with Gasteiger partial charge in [-0.25, -0.2) is 9.18 Å². The van der Waals surface area contributed by atoms with Gasteiger partial charge in [-0.1, -0.05) is 30.0 Å². The smallest absolute Gasteiger partial charge is 0.340 e. The average Bonchev–Trinajstić information content (AvgIpc) is 3.22. The predicted octanol–water partition coefficient (Wildman–Crippen LogP) is 5.20. The normalized spacial score (nSPS) is 11.0. The van der Waals surface area contributed by atoms with Gasteiger partial charge in [-0.3, -0.25) is 4.98 Å². The quantitative estimate of drug-likeness (QED) is 0.311. The van der Waals surface area contributed by atoms with Crippen LogP contribution < -0.4 is 0 Å². The molecule has 8 heteroatoms. The van der Waals surface area contributed by atoms with Crippen molar-refractivity contribution in [3.8, 4) is 11.5 Å². The standard InChI is InChI=1S/C22H18FN3O3S/c1-3-28-21(27)19-13(2)16-6-4-5-7-17(16)24-18(19)12-30-22-26-25-20(29-22)14-8-10-15(23)11-9-14/h4-11H,3,12H2,1-2H3. The zero-order valence-electron chi connectivity index (χ0n) is 16.4. The summed E-state index contributed by atoms with van der Waals surface area (Å²) in [5, 5.41) is 9.28. The fraction of sp³-hybridized carbons (Fsp3) is 0.182. The first kappa shape index (κ1) is 20.0. The van der Waals surface area contributed by atoms with Crippen LogP contribution in [0.15, 0.2) is 58.2 Å². The minimum atomic E-state index is -0.401. The summed E-state index contributed by atoms with van der Waals surface area (Å²) in [5.41, 5.74) is 3.31. The van der Waals surface area contributed by atoms with Crippen molar-refractivity contribution in [3.63, 3.8) is 0 Å². The third-order valence-corrected chi connectivity index (χ3v) is 5.37. The molecule has 2 aromatic carbocycles. The van der Waals surface area contributed by atoms with E-state index in [1.54, 1.807) is 19.1 Å². The number of hydrogen-bond donors (Lipinski definition) is 0. The number of halogens is 1. The summed E-state index contributed by atoms with van der Waals surface area (Å²) in [5.74, 6) is -0.0884. The first-order chi connectivity index (χ1) is 14.6. The highest BCUT2D eigenvalue weighted by Crippen LogP contribution is 2.30. The van der Waals surface area contributed by atoms with Crippen LogP contribution in [0.3, 0.4) is 0 Å². The van der Waals surface area contributed by atoms with Crippen molar-refractivity contribution in [2.75, 3.05) is 6.61 Å². The molecule has 4 rings (SSSR count). The van der Waals surface area contributed by atoms with Crippen molar-refractivity contribution in [1.29, 1.82) is 0 Å². The number of carbonyl (C=O) groups excluding carboxylic acids is 1. The Morgan fingerprint density at radius 3 is 2.67 bits per heavy atom. The molecule has 4 aromatic rings. The molecule has 0 saturated heterocycles. The lowest BCUT2D eigenvalue weighted by molar-refractivity contribution is 0.0524. The highest BCUT2D eigenvalue weighted by Gasteiger charge is 2.21. The summed E-state index contributed by atoms with van der Waals surface area (Å²) in [6.07, 6.45) is 0. The van der Waals surface area contributed by atoms with E-state index in [4.69, 9.17) is 9.15 Å². The molecule has 0 radical (unpaired) electrons. The van der Waals surface area contributed by atoms with E-state index in [0.29, 0.717) is 33.7 Å². The van der Waals surface area contributed by atoms with E-state index in [1.165, 1.54) is 23.9 Å². The van der Waals surface area contributed by atoms with Crippen molar-refractivity contribution >= 4 is 28.6 Å². The van der Waals surface area contributed by atoms with Gasteiger partial charge < -0.3 is 9.15 Å². The predicted molar refractivity (Wildman–Crippen MR) is 112 cm³/mol. The Hall–Kier alpha value is -3.26. The summed E-state index contributed by atoms with van der Waals surface area (Å²) < 4.78 is 24.0. The van der Waals surface area contributed by atoms with Gasteiger partial charge in [0.25, 0.3) is 5.22 Å². The minimum Gasteiger partial charge on any atom is -0.462 e. The van der Waals surface area contributed by atoms with Crippen LogP contribution in [0, 0.1) is 12.7 Å². The molecule has 0 amide bonds. The van der Waals surface area contributed by atoms with E-state index in [1.807, 2.05) is 31.2 Å². The van der Waals surface area contributed by atoms with Crippen molar-refractivity contribution in [2.45, 2.75) is 24.8 Å². The van der Waals surface area contributed by atoms with Crippen LogP contribution in [0.2, 0.25) is 0 Å². The van der Waals surface area contributed by atoms with Gasteiger partial charge in [-0.15, -0.1) is 10.2 Å². The van der Waals surface area contributed by atoms with E-state index in [-0.39, 0.29) is 12.4 Å². The Morgan fingerprint density at radius 1 is 1.13 bits per heavy atom. The van der Waals surface area contributed by atoms with Gasteiger partial charge in [-0.05, 0) is 49.7 Å². The number of aryl methyl sites for hydroxylation is 1. The number of rotatable bonds is 6. The largest absolute Gasteiger partial charge is 0.462 e. The molecule has 0 bridgehead atoms. The number of hydrogen-bond acceptors (Lipinski definition) is 7. The average molecular weight is 423 g/mol. The molecule has 0 aliphatic rings. The van der Waals surface area contributed by atoms with Gasteiger partial charge in [0.1, 0.15) is 5.82 Å². The van der Waals surface area contributed by atoms with E-state index in [0.717, 1.165) is 16.5 Å². The molecule has 152 valence electrons. The lowest BCUT2D eigenvalue weighted by Crippen LogP contribution is -2.12. The Kier molecular flexibility index (Phi) is 5.76. The lowest BCUT2D eigenvalue weighted by Gasteiger charge is -2.13. The lowest BCUT2D eigenvalue weighted by atomic mass is 10.0. The molecule has 0 unspecified atom stereocenters. The summed E-state index contributed by atoms with van der Waals surface area (Å²) >= 11 is 1.27. The minimum absolute atomic E-state index is 0.280. The van der Waals surface area contributed by atoms with Gasteiger partial charge in [0.05, 0.1) is 23.4 Å². The molecule has 2 heterocycles. The molecule has 6 nitrogen and oxygen atoms in total. The summed E-state index contributed by atoms with van der Waals surface area (Å²) in [4.78, 5) is 17.3. The molecule has 0 N–H and O–H groups in total. The number of pyridine rings is 1. The maximum atomic E-state index is 13.1. The van der Waals surface area contributed by atoms with Crippen LogP contribution in [0.4, 0.5) is 4.39 Å². The topological polar surface area (TPSA) is 78.1 Å². The second-order valence-corrected chi connectivity index (χ2v) is 7.39. The van der Waals surface area contributed by atoms with Gasteiger partial charge in [0.2, 0.25) is 5.89 Å². The molecule has 2 aromatic heterocycles. The van der Waals surface area contributed by atoms with Crippen LogP contribution in [0.25, 0.3) is 22.4 Å². The SMILES string of the molecule is CCOC(=O)c1c(CSc2nnc(-c3ccc(F)cc3)o2)nc2ccccc2c1C. The van der Waals surface area contributed by atoms with E-state index >= 15 is 0 Å². The summed E-state index contributed by atoms with van der Waals surface area (Å²) in [6, 6.07) is 13.5. The van der Waals surface area contributed by atoms with Gasteiger partial charge in [0, 0.05) is 16.7 Å². The highest BCUT2D eigenvalue weighted by molar-refractivity contribution is 7.98. The molecule has 0 atom stereocenters. The second kappa shape index (κ2) is 8.62. The Labute approximate surface area is 176 Å². The number of benzene rings is 2. The van der Waals surface area contributed by atoms with E-state index in [9.17, 15) is 9.18 Å². The number of esters is 1. The van der Waals surface area contributed by atoms with Crippen molar-refractivity contribution in [1.82, 2.24) is 15.2 Å². The number of para-hydroxylation sites is 1. The first-order valence-electron chi connectivity index (χ1n) is 9.34. The van der Waals surface area contributed by atoms with Gasteiger partial charge in [0.15, 0.2) is 0 Å². The molecule has 0 saturated carbocycles. The van der Waals surface area contributed by atoms with Crippen LogP contribution in [0.1, 0.15) is 28.5 Å². The summed E-state index contributed by atoms with van der Waals surface area (Å²) in [7, 11) is 0. The van der Waals surface area contributed by atoms with Crippen LogP contribution in [-0.4, -0.2) is 27.8 Å². The third kappa shape index (κ3) is 4.04. The molecule has 0 fully saturated rings. The maximum Gasteiger partial charge on any atom is 0.340 e. The van der Waals surface area contributed by atoms with E-state index in [2.05, 4.69) is 15.2 Å². The van der Waals surface area contributed by atoms with Crippen LogP contribution in [-0.2, 0) is 10.5 Å². The molecular formula is C22H18FN3O3S. The maximum absolute atomic E-state index is 13.1. The number of aromatic nitrogens is 3. The number of ether oxygens (including phenoxy) is 1. The van der Waals surface area contributed by atoms with Crippen molar-refractivity contribution < 1.29 is 18.3 Å². The monoisotopic (exact) mass is 423 g/mol. The number of fused-ring (bicyclic) bond motifs is 1. The fourth-order valence-corrected chi connectivity index (χ4v) is 3.83. The zero-order chi connectivity index (χ0) is 21.1. The number of carbonyl (C=O) groups is 1. The Morgan fingerprint density at radius 2 is 1.90 bits per heavy atom. The molecular weight excluding hydrogens is 405 g/mol. The number of thioether (sulfide) groups is 1. The van der Waals surface area contributed by atoms with Crippen LogP contribution in [0.5, 0.6) is 0 Å². The molecule has 0 spiro atoms. The third-order valence-electron chi connectivity index (χ3n) is 4.54. The van der Waals surface area contributed by atoms with E-state index < -0.39 is 5.97 Å². The Bertz CT molecular complexity index is 1210. The zero-order valence-corrected chi connectivity index (χ0v) is 17.2. The van der Waals surface area contributed by atoms with Gasteiger partial charge >= 0.3 is 5.97 Å². The molecule has 0 aliphatic carbocycles. The summed E-state index contributed by atoms with van der Waals surface area (Å²) in [6.45, 7) is 3.94. The second-order valence-electron chi connectivity index (χ2n) is 6.46. The first-order valence-corrected chi connectivity index (χ1v) is 10.3. The number of nitrogens with zero attached hydrogens (tertiary/aromatic N) is 3. The highest BCUT2D eigenvalue weighted by atomic mass is 32.2. The van der Waals surface area contributed by atoms with Crippen molar-refractivity contribution in [2.24, 2.45) is 0 Å². The molecule has 0 aliphatic heterocycles. The molecule has 30 heavy (non-hydrogen) atoms. The van der Waals surface area contributed by atoms with Crippen molar-refractivity contribution in [3.05, 3.63) is 71.2 Å².